The van der Waals surface area contributed by atoms with Gasteiger partial charge in [0.1, 0.15) is 5.82 Å². The van der Waals surface area contributed by atoms with Crippen LogP contribution in [-0.2, 0) is 14.8 Å². The Morgan fingerprint density at radius 2 is 1.64 bits per heavy atom. The van der Waals surface area contributed by atoms with E-state index in [4.69, 9.17) is 0 Å². The van der Waals surface area contributed by atoms with Crippen molar-refractivity contribution in [2.24, 2.45) is 0 Å². The molecule has 0 aromatic heterocycles. The third-order valence-electron chi connectivity index (χ3n) is 2.91. The molecule has 0 unspecified atom stereocenters. The number of aryl methyl sites for hydroxylation is 1. The van der Waals surface area contributed by atoms with Gasteiger partial charge in [0.2, 0.25) is 5.91 Å². The minimum atomic E-state index is -3.82. The number of amides is 1. The second-order valence-corrected chi connectivity index (χ2v) is 6.46. The number of anilines is 2. The van der Waals surface area contributed by atoms with Crippen molar-refractivity contribution in [3.8, 4) is 0 Å². The van der Waals surface area contributed by atoms with Crippen LogP contribution in [0.4, 0.5) is 15.8 Å². The number of benzene rings is 2. The Hall–Kier alpha value is -2.41. The third-order valence-corrected chi connectivity index (χ3v) is 4.31. The molecule has 0 aliphatic rings. The maximum Gasteiger partial charge on any atom is 0.261 e. The average molecular weight is 322 g/mol. The van der Waals surface area contributed by atoms with Crippen LogP contribution in [0.2, 0.25) is 0 Å². The van der Waals surface area contributed by atoms with Gasteiger partial charge in [0.25, 0.3) is 10.0 Å². The number of sulfonamides is 1. The van der Waals surface area contributed by atoms with Crippen LogP contribution < -0.4 is 10.0 Å². The topological polar surface area (TPSA) is 75.3 Å². The van der Waals surface area contributed by atoms with E-state index >= 15 is 0 Å². The van der Waals surface area contributed by atoms with E-state index in [1.807, 2.05) is 0 Å². The molecule has 2 aromatic carbocycles. The molecule has 2 rings (SSSR count). The van der Waals surface area contributed by atoms with Crippen molar-refractivity contribution in [1.29, 1.82) is 0 Å². The monoisotopic (exact) mass is 322 g/mol. The zero-order valence-electron chi connectivity index (χ0n) is 12.1. The normalized spacial score (nSPS) is 11.0. The zero-order valence-corrected chi connectivity index (χ0v) is 12.9. The lowest BCUT2D eigenvalue weighted by Gasteiger charge is -2.09. The second-order valence-electron chi connectivity index (χ2n) is 4.78. The molecule has 5 nitrogen and oxygen atoms in total. The van der Waals surface area contributed by atoms with Gasteiger partial charge in [-0.05, 0) is 48.9 Å². The van der Waals surface area contributed by atoms with E-state index < -0.39 is 15.8 Å². The number of halogens is 1. The number of rotatable bonds is 4. The van der Waals surface area contributed by atoms with Crippen molar-refractivity contribution in [2.75, 3.05) is 10.0 Å². The van der Waals surface area contributed by atoms with E-state index in [-0.39, 0.29) is 16.5 Å². The molecule has 0 aliphatic heterocycles. The van der Waals surface area contributed by atoms with Gasteiger partial charge in [0, 0.05) is 12.6 Å². The van der Waals surface area contributed by atoms with Crippen molar-refractivity contribution in [3.63, 3.8) is 0 Å². The molecule has 0 fully saturated rings. The first-order valence-electron chi connectivity index (χ1n) is 6.44. The lowest BCUT2D eigenvalue weighted by atomic mass is 10.2. The maximum absolute atomic E-state index is 13.5. The molecule has 0 saturated heterocycles. The molecule has 7 heteroatoms. The van der Waals surface area contributed by atoms with E-state index in [1.165, 1.54) is 43.3 Å². The zero-order chi connectivity index (χ0) is 16.3. The van der Waals surface area contributed by atoms with Crippen LogP contribution in [0.1, 0.15) is 12.5 Å². The number of carbonyl (C=O) groups excluding carboxylic acids is 1. The maximum atomic E-state index is 13.5. The Morgan fingerprint density at radius 1 is 1.05 bits per heavy atom. The molecule has 1 amide bonds. The van der Waals surface area contributed by atoms with Gasteiger partial charge in [-0.25, -0.2) is 12.8 Å². The van der Waals surface area contributed by atoms with Gasteiger partial charge < -0.3 is 5.32 Å². The van der Waals surface area contributed by atoms with E-state index in [0.29, 0.717) is 11.3 Å². The predicted octanol–water partition coefficient (Wildman–Crippen LogP) is 2.89. The Labute approximate surface area is 128 Å². The van der Waals surface area contributed by atoms with Crippen LogP contribution in [0.3, 0.4) is 0 Å². The molecule has 0 atom stereocenters. The Balaban J connectivity index is 2.22. The second kappa shape index (κ2) is 6.15. The number of carbonyl (C=O) groups is 1. The first kappa shape index (κ1) is 16.0. The average Bonchev–Trinajstić information content (AvgIpc) is 2.42. The fourth-order valence-electron chi connectivity index (χ4n) is 1.79. The van der Waals surface area contributed by atoms with Crippen LogP contribution in [0.25, 0.3) is 0 Å². The highest BCUT2D eigenvalue weighted by atomic mass is 32.2. The van der Waals surface area contributed by atoms with E-state index in [0.717, 1.165) is 6.07 Å². The molecular formula is C15H15FN2O3S. The van der Waals surface area contributed by atoms with Gasteiger partial charge in [0.15, 0.2) is 0 Å². The predicted molar refractivity (Wildman–Crippen MR) is 82.7 cm³/mol. The molecule has 22 heavy (non-hydrogen) atoms. The van der Waals surface area contributed by atoms with Gasteiger partial charge >= 0.3 is 0 Å². The van der Waals surface area contributed by atoms with Crippen LogP contribution in [0, 0.1) is 12.7 Å². The van der Waals surface area contributed by atoms with Crippen LogP contribution in [-0.4, -0.2) is 14.3 Å². The van der Waals surface area contributed by atoms with Gasteiger partial charge in [0.05, 0.1) is 10.6 Å². The molecule has 2 N–H and O–H groups in total. The number of nitrogens with one attached hydrogen (secondary N) is 2. The summed E-state index contributed by atoms with van der Waals surface area (Å²) in [7, 11) is -3.82. The van der Waals surface area contributed by atoms with Crippen LogP contribution >= 0.6 is 0 Å². The molecule has 0 radical (unpaired) electrons. The van der Waals surface area contributed by atoms with Crippen LogP contribution in [0.5, 0.6) is 0 Å². The molecule has 0 spiro atoms. The summed E-state index contributed by atoms with van der Waals surface area (Å²) in [5, 5.41) is 2.54. The molecule has 0 aliphatic carbocycles. The molecule has 116 valence electrons. The highest BCUT2D eigenvalue weighted by Crippen LogP contribution is 2.20. The summed E-state index contributed by atoms with van der Waals surface area (Å²) < 4.78 is 40.2. The first-order valence-corrected chi connectivity index (χ1v) is 7.93. The van der Waals surface area contributed by atoms with Gasteiger partial charge in [-0.3, -0.25) is 9.52 Å². The molecule has 0 heterocycles. The van der Waals surface area contributed by atoms with E-state index in [2.05, 4.69) is 10.0 Å². The quantitative estimate of drug-likeness (QED) is 0.909. The minimum Gasteiger partial charge on any atom is -0.326 e. The standard InChI is InChI=1S/C15H15FN2O3S/c1-10-3-4-13(9-15(10)16)18-22(20,21)14-7-5-12(6-8-14)17-11(2)19/h3-9,18H,1-2H3,(H,17,19). The van der Waals surface area contributed by atoms with Crippen LogP contribution in [0.15, 0.2) is 47.4 Å². The summed E-state index contributed by atoms with van der Waals surface area (Å²) >= 11 is 0. The van der Waals surface area contributed by atoms with Gasteiger partial charge in [-0.2, -0.15) is 0 Å². The summed E-state index contributed by atoms with van der Waals surface area (Å²) in [5.74, 6) is -0.731. The Morgan fingerprint density at radius 3 is 2.18 bits per heavy atom. The first-order chi connectivity index (χ1) is 10.3. The summed E-state index contributed by atoms with van der Waals surface area (Å²) in [5.41, 5.74) is 1.07. The SMILES string of the molecule is CC(=O)Nc1ccc(S(=O)(=O)Nc2ccc(C)c(F)c2)cc1. The Kier molecular flexibility index (Phi) is 4.46. The van der Waals surface area contributed by atoms with E-state index in [1.54, 1.807) is 6.92 Å². The van der Waals surface area contributed by atoms with Crippen molar-refractivity contribution < 1.29 is 17.6 Å². The minimum absolute atomic E-state index is 0.0163. The summed E-state index contributed by atoms with van der Waals surface area (Å²) in [6.45, 7) is 2.95. The Bertz CT molecular complexity index is 802. The smallest absolute Gasteiger partial charge is 0.261 e. The fraction of sp³-hybridized carbons (Fsp3) is 0.133. The third kappa shape index (κ3) is 3.82. The summed E-state index contributed by atoms with van der Waals surface area (Å²) in [6.07, 6.45) is 0. The molecule has 0 saturated carbocycles. The molecule has 2 aromatic rings. The highest BCUT2D eigenvalue weighted by Gasteiger charge is 2.14. The van der Waals surface area contributed by atoms with Gasteiger partial charge in [-0.15, -0.1) is 0 Å². The largest absolute Gasteiger partial charge is 0.326 e. The fourth-order valence-corrected chi connectivity index (χ4v) is 2.84. The van der Waals surface area contributed by atoms with Gasteiger partial charge in [-0.1, -0.05) is 6.07 Å². The summed E-state index contributed by atoms with van der Waals surface area (Å²) in [6, 6.07) is 9.78. The lowest BCUT2D eigenvalue weighted by molar-refractivity contribution is -0.114. The number of hydrogen-bond acceptors (Lipinski definition) is 3. The van der Waals surface area contributed by atoms with Crippen molar-refractivity contribution in [1.82, 2.24) is 0 Å². The number of hydrogen-bond donors (Lipinski definition) is 2. The van der Waals surface area contributed by atoms with Crippen molar-refractivity contribution in [2.45, 2.75) is 18.7 Å². The highest BCUT2D eigenvalue weighted by molar-refractivity contribution is 7.92. The van der Waals surface area contributed by atoms with Crippen molar-refractivity contribution >= 4 is 27.3 Å². The molecular weight excluding hydrogens is 307 g/mol. The molecule has 0 bridgehead atoms. The van der Waals surface area contributed by atoms with Crippen molar-refractivity contribution in [3.05, 3.63) is 53.8 Å². The summed E-state index contributed by atoms with van der Waals surface area (Å²) in [4.78, 5) is 10.9. The van der Waals surface area contributed by atoms with E-state index in [9.17, 15) is 17.6 Å². The lowest BCUT2D eigenvalue weighted by Crippen LogP contribution is -2.13.